The van der Waals surface area contributed by atoms with Crippen LogP contribution in [0.5, 0.6) is 0 Å². The summed E-state index contributed by atoms with van der Waals surface area (Å²) in [6.07, 6.45) is 2.96. The highest BCUT2D eigenvalue weighted by Crippen LogP contribution is 2.39. The van der Waals surface area contributed by atoms with E-state index in [1.165, 1.54) is 23.3 Å². The van der Waals surface area contributed by atoms with E-state index in [0.29, 0.717) is 25.9 Å². The number of nitrogens with zero attached hydrogens (tertiary/aromatic N) is 1. The summed E-state index contributed by atoms with van der Waals surface area (Å²) in [5.74, 6) is 0.00102. The van der Waals surface area contributed by atoms with Crippen LogP contribution in [0.1, 0.15) is 92.2 Å². The van der Waals surface area contributed by atoms with Crippen LogP contribution < -0.4 is 10.6 Å². The maximum Gasteiger partial charge on any atom is 0.220 e. The van der Waals surface area contributed by atoms with Crippen molar-refractivity contribution < 1.29 is 24.2 Å². The highest BCUT2D eigenvalue weighted by atomic mass is 16.7. The fourth-order valence-corrected chi connectivity index (χ4v) is 6.17. The molecule has 4 atom stereocenters. The number of aliphatic hydroxyl groups excluding tert-OH is 1. The first-order valence-electron chi connectivity index (χ1n) is 17.1. The third-order valence-corrected chi connectivity index (χ3v) is 9.22. The van der Waals surface area contributed by atoms with E-state index in [4.69, 9.17) is 9.47 Å². The second-order valence-corrected chi connectivity index (χ2v) is 12.9. The van der Waals surface area contributed by atoms with Gasteiger partial charge in [-0.25, -0.2) is 0 Å². The molecule has 1 heterocycles. The number of hydrogen-bond acceptors (Lipinski definition) is 6. The third kappa shape index (κ3) is 9.97. The molecule has 0 bridgehead atoms. The van der Waals surface area contributed by atoms with Gasteiger partial charge in [0.1, 0.15) is 0 Å². The van der Waals surface area contributed by atoms with Crippen LogP contribution in [0.25, 0.3) is 10.8 Å². The molecule has 1 fully saturated rings. The summed E-state index contributed by atoms with van der Waals surface area (Å²) in [7, 11) is 2.15. The number of rotatable bonds is 15. The van der Waals surface area contributed by atoms with Crippen molar-refractivity contribution in [2.45, 2.75) is 83.6 Å². The fraction of sp³-hybridized carbons (Fsp3) is 0.400. The molecule has 0 radical (unpaired) electrons. The molecule has 8 heteroatoms. The molecule has 0 spiro atoms. The second-order valence-electron chi connectivity index (χ2n) is 12.9. The van der Waals surface area contributed by atoms with E-state index < -0.39 is 6.29 Å². The summed E-state index contributed by atoms with van der Waals surface area (Å²) in [6, 6.07) is 31.3. The summed E-state index contributed by atoms with van der Waals surface area (Å²) in [4.78, 5) is 25.7. The van der Waals surface area contributed by atoms with E-state index in [0.717, 1.165) is 48.1 Å². The first-order valence-corrected chi connectivity index (χ1v) is 17.1. The van der Waals surface area contributed by atoms with Crippen molar-refractivity contribution in [3.63, 3.8) is 0 Å². The highest BCUT2D eigenvalue weighted by molar-refractivity contribution is 5.83. The molecule has 48 heavy (non-hydrogen) atoms. The van der Waals surface area contributed by atoms with Crippen molar-refractivity contribution in [1.82, 2.24) is 15.5 Å². The van der Waals surface area contributed by atoms with Crippen molar-refractivity contribution >= 4 is 22.6 Å². The van der Waals surface area contributed by atoms with E-state index in [9.17, 15) is 14.7 Å². The van der Waals surface area contributed by atoms with Crippen LogP contribution in [-0.2, 0) is 32.2 Å². The summed E-state index contributed by atoms with van der Waals surface area (Å²) in [6.45, 7) is 5.59. The second kappa shape index (κ2) is 17.4. The zero-order valence-corrected chi connectivity index (χ0v) is 28.4. The van der Waals surface area contributed by atoms with Gasteiger partial charge in [-0.05, 0) is 65.9 Å². The first-order chi connectivity index (χ1) is 23.3. The Morgan fingerprint density at radius 3 is 2.29 bits per heavy atom. The normalized spacial score (nSPS) is 18.5. The number of unbranched alkanes of at least 4 members (excludes halogenated alkanes) is 2. The molecule has 8 nitrogen and oxygen atoms in total. The summed E-state index contributed by atoms with van der Waals surface area (Å²) >= 11 is 0. The van der Waals surface area contributed by atoms with E-state index in [1.807, 2.05) is 48.5 Å². The van der Waals surface area contributed by atoms with Crippen molar-refractivity contribution in [3.05, 3.63) is 119 Å². The van der Waals surface area contributed by atoms with Gasteiger partial charge < -0.3 is 25.2 Å². The number of aliphatic hydroxyl groups is 1. The average Bonchev–Trinajstić information content (AvgIpc) is 3.11. The van der Waals surface area contributed by atoms with Crippen molar-refractivity contribution in [2.75, 3.05) is 20.1 Å². The number of carbonyl (C=O) groups is 2. The van der Waals surface area contributed by atoms with Gasteiger partial charge >= 0.3 is 0 Å². The maximum atomic E-state index is 12.4. The lowest BCUT2D eigenvalue weighted by Gasteiger charge is -2.39. The molecule has 1 aliphatic heterocycles. The Labute approximate surface area is 284 Å². The minimum Gasteiger partial charge on any atom is -0.392 e. The summed E-state index contributed by atoms with van der Waals surface area (Å²) < 4.78 is 13.2. The molecule has 0 saturated carbocycles. The van der Waals surface area contributed by atoms with Crippen LogP contribution in [0.2, 0.25) is 0 Å². The van der Waals surface area contributed by atoms with Gasteiger partial charge in [-0.3, -0.25) is 14.5 Å². The molecule has 5 rings (SSSR count). The lowest BCUT2D eigenvalue weighted by Crippen LogP contribution is -2.38. The maximum absolute atomic E-state index is 12.4. The van der Waals surface area contributed by atoms with Gasteiger partial charge in [-0.1, -0.05) is 91.3 Å². The predicted molar refractivity (Wildman–Crippen MR) is 189 cm³/mol. The summed E-state index contributed by atoms with van der Waals surface area (Å²) in [5.41, 5.74) is 5.12. The zero-order valence-electron chi connectivity index (χ0n) is 28.4. The van der Waals surface area contributed by atoms with Gasteiger partial charge in [0.05, 0.1) is 18.8 Å². The third-order valence-electron chi connectivity index (χ3n) is 9.22. The smallest absolute Gasteiger partial charge is 0.220 e. The summed E-state index contributed by atoms with van der Waals surface area (Å²) in [5, 5.41) is 17.8. The van der Waals surface area contributed by atoms with Gasteiger partial charge in [-0.2, -0.15) is 0 Å². The molecular formula is C40H49N3O5. The van der Waals surface area contributed by atoms with Gasteiger partial charge in [0.15, 0.2) is 6.29 Å². The van der Waals surface area contributed by atoms with Crippen molar-refractivity contribution in [1.29, 1.82) is 0 Å². The van der Waals surface area contributed by atoms with E-state index >= 15 is 0 Å². The number of carbonyl (C=O) groups excluding carboxylic acids is 2. The Hall–Kier alpha value is -4.08. The van der Waals surface area contributed by atoms with Crippen LogP contribution >= 0.6 is 0 Å². The average molecular weight is 652 g/mol. The quantitative estimate of drug-likeness (QED) is 0.121. The zero-order chi connectivity index (χ0) is 33.9. The monoisotopic (exact) mass is 651 g/mol. The van der Waals surface area contributed by atoms with Crippen LogP contribution in [0.15, 0.2) is 91.0 Å². The lowest BCUT2D eigenvalue weighted by atomic mass is 9.98. The molecule has 0 aromatic heterocycles. The number of nitrogens with one attached hydrogen (secondary N) is 2. The van der Waals surface area contributed by atoms with Crippen molar-refractivity contribution in [2.24, 2.45) is 0 Å². The molecule has 0 aliphatic carbocycles. The number of likely N-dealkylation sites (N-methyl/N-ethyl adjacent to an activating group) is 1. The standard InChI is InChI=1S/C40H49N3O5/c1-28(35-21-20-32-9-6-7-10-36(32)23-35)43(3)26-37-24-38(33-16-14-31(27-44)15-17-33)48-40(47-37)34-18-12-30(13-19-34)25-42-39(46)11-5-4-8-22-41-29(2)45/h6-7,9-10,12-21,23,28,37-38,40,44H,4-5,8,11,22,24-27H2,1-3H3,(H,41,45)(H,42,46)/t28-,37+,38-,40-/m1/s1. The Morgan fingerprint density at radius 2 is 1.56 bits per heavy atom. The number of fused-ring (bicyclic) bond motifs is 1. The van der Waals surface area contributed by atoms with E-state index in [-0.39, 0.29) is 36.7 Å². The molecule has 0 unspecified atom stereocenters. The molecule has 254 valence electrons. The van der Waals surface area contributed by atoms with Crippen LogP contribution in [0.4, 0.5) is 0 Å². The number of ether oxygens (including phenoxy) is 2. The minimum absolute atomic E-state index is 0.00432. The van der Waals surface area contributed by atoms with Gasteiger partial charge in [0, 0.05) is 51.0 Å². The van der Waals surface area contributed by atoms with Crippen LogP contribution in [0, 0.1) is 0 Å². The van der Waals surface area contributed by atoms with Gasteiger partial charge in [-0.15, -0.1) is 0 Å². The predicted octanol–water partition coefficient (Wildman–Crippen LogP) is 6.88. The Kier molecular flexibility index (Phi) is 12.7. The molecule has 4 aromatic rings. The highest BCUT2D eigenvalue weighted by Gasteiger charge is 2.33. The van der Waals surface area contributed by atoms with Crippen LogP contribution in [-0.4, -0.2) is 48.1 Å². The van der Waals surface area contributed by atoms with E-state index in [1.54, 1.807) is 0 Å². The molecule has 4 aromatic carbocycles. The molecule has 2 amide bonds. The van der Waals surface area contributed by atoms with E-state index in [2.05, 4.69) is 72.0 Å². The Bertz CT molecular complexity index is 1620. The molecule has 1 aliphatic rings. The largest absolute Gasteiger partial charge is 0.392 e. The van der Waals surface area contributed by atoms with Crippen LogP contribution in [0.3, 0.4) is 0 Å². The number of benzene rings is 4. The molecular weight excluding hydrogens is 602 g/mol. The minimum atomic E-state index is -0.545. The Morgan fingerprint density at radius 1 is 0.854 bits per heavy atom. The topological polar surface area (TPSA) is 100 Å². The molecule has 1 saturated heterocycles. The van der Waals surface area contributed by atoms with Crippen molar-refractivity contribution in [3.8, 4) is 0 Å². The SMILES string of the molecule is CC(=O)NCCCCCC(=O)NCc1ccc([C@@H]2O[C@H](CN(C)[C@H](C)c3ccc4ccccc4c3)C[C@H](c3ccc(CO)cc3)O2)cc1. The fourth-order valence-electron chi connectivity index (χ4n) is 6.17. The molecule has 3 N–H and O–H groups in total. The number of hydrogen-bond donors (Lipinski definition) is 3. The van der Waals surface area contributed by atoms with Gasteiger partial charge in [0.25, 0.3) is 0 Å². The Balaban J connectivity index is 1.21. The van der Waals surface area contributed by atoms with Gasteiger partial charge in [0.2, 0.25) is 11.8 Å². The lowest BCUT2D eigenvalue weighted by molar-refractivity contribution is -0.253. The number of amides is 2. The first kappa shape index (κ1) is 35.2.